The third-order valence-electron chi connectivity index (χ3n) is 3.29. The second-order valence-corrected chi connectivity index (χ2v) is 7.71. The van der Waals surface area contributed by atoms with Crippen LogP contribution in [0.3, 0.4) is 0 Å². The van der Waals surface area contributed by atoms with Crippen molar-refractivity contribution in [1.29, 1.82) is 0 Å². The Morgan fingerprint density at radius 1 is 1.15 bits per heavy atom. The van der Waals surface area contributed by atoms with E-state index in [1.807, 2.05) is 18.2 Å². The van der Waals surface area contributed by atoms with Crippen LogP contribution in [-0.2, 0) is 6.42 Å². The third-order valence-corrected chi connectivity index (χ3v) is 5.98. The number of halogens is 4. The predicted molar refractivity (Wildman–Crippen MR) is 93.3 cm³/mol. The molecule has 0 saturated heterocycles. The average molecular weight is 481 g/mol. The van der Waals surface area contributed by atoms with Crippen LogP contribution in [0.25, 0.3) is 0 Å². The first-order valence-corrected chi connectivity index (χ1v) is 8.98. The van der Waals surface area contributed by atoms with Gasteiger partial charge in [0.25, 0.3) is 0 Å². The highest BCUT2D eigenvalue weighted by Gasteiger charge is 2.23. The first-order chi connectivity index (χ1) is 9.56. The Kier molecular flexibility index (Phi) is 4.46. The third kappa shape index (κ3) is 2.80. The molecular weight excluding hydrogens is 471 g/mol. The lowest BCUT2D eigenvalue weighted by Gasteiger charge is -2.16. The van der Waals surface area contributed by atoms with Crippen LogP contribution in [0.4, 0.5) is 0 Å². The van der Waals surface area contributed by atoms with Gasteiger partial charge in [0, 0.05) is 20.9 Å². The predicted octanol–water partition coefficient (Wildman–Crippen LogP) is 6.28. The standard InChI is InChI=1S/C15H10Br3ClO/c16-10-5-9-3-4-20-15(9)11(7-10)14(18)8-1-2-13(19)12(17)6-8/h1-2,5-7,14H,3-4H2. The molecule has 20 heavy (non-hydrogen) atoms. The summed E-state index contributed by atoms with van der Waals surface area (Å²) >= 11 is 16.9. The smallest absolute Gasteiger partial charge is 0.127 e. The Balaban J connectivity index is 2.06. The normalized spacial score (nSPS) is 14.8. The highest BCUT2D eigenvalue weighted by molar-refractivity contribution is 9.11. The fraction of sp³-hybridized carbons (Fsp3) is 0.200. The maximum absolute atomic E-state index is 6.06. The topological polar surface area (TPSA) is 9.23 Å². The van der Waals surface area contributed by atoms with E-state index in [2.05, 4.69) is 59.9 Å². The van der Waals surface area contributed by atoms with E-state index in [-0.39, 0.29) is 4.83 Å². The van der Waals surface area contributed by atoms with E-state index in [1.54, 1.807) is 0 Å². The maximum Gasteiger partial charge on any atom is 0.127 e. The van der Waals surface area contributed by atoms with Gasteiger partial charge in [0.1, 0.15) is 5.75 Å². The van der Waals surface area contributed by atoms with Crippen LogP contribution in [0, 0.1) is 0 Å². The first-order valence-electron chi connectivity index (χ1n) is 6.10. The monoisotopic (exact) mass is 478 g/mol. The molecule has 0 bridgehead atoms. The molecule has 0 spiro atoms. The van der Waals surface area contributed by atoms with Crippen molar-refractivity contribution in [2.24, 2.45) is 0 Å². The molecule has 0 saturated carbocycles. The summed E-state index contributed by atoms with van der Waals surface area (Å²) in [7, 11) is 0. The van der Waals surface area contributed by atoms with E-state index >= 15 is 0 Å². The van der Waals surface area contributed by atoms with Crippen molar-refractivity contribution in [3.63, 3.8) is 0 Å². The molecular formula is C15H10Br3ClO. The molecule has 1 nitrogen and oxygen atoms in total. The Labute approximate surface area is 148 Å². The van der Waals surface area contributed by atoms with Gasteiger partial charge in [0.2, 0.25) is 0 Å². The molecule has 0 aliphatic carbocycles. The van der Waals surface area contributed by atoms with Crippen LogP contribution in [0.2, 0.25) is 5.02 Å². The second kappa shape index (κ2) is 5.99. The second-order valence-electron chi connectivity index (χ2n) is 4.62. The zero-order valence-corrected chi connectivity index (χ0v) is 15.8. The lowest BCUT2D eigenvalue weighted by atomic mass is 10.0. The van der Waals surface area contributed by atoms with Crippen LogP contribution >= 0.6 is 59.4 Å². The van der Waals surface area contributed by atoms with Crippen molar-refractivity contribution < 1.29 is 4.74 Å². The molecule has 0 aromatic heterocycles. The molecule has 2 aromatic carbocycles. The number of alkyl halides is 1. The van der Waals surface area contributed by atoms with Gasteiger partial charge in [-0.2, -0.15) is 0 Å². The Bertz CT molecular complexity index is 672. The van der Waals surface area contributed by atoms with E-state index in [1.165, 1.54) is 5.56 Å². The quantitative estimate of drug-likeness (QED) is 0.459. The van der Waals surface area contributed by atoms with E-state index < -0.39 is 0 Å². The summed E-state index contributed by atoms with van der Waals surface area (Å²) < 4.78 is 7.77. The molecule has 1 atom stereocenters. The van der Waals surface area contributed by atoms with Crippen molar-refractivity contribution in [1.82, 2.24) is 0 Å². The van der Waals surface area contributed by atoms with Crippen molar-refractivity contribution in [3.05, 3.63) is 61.0 Å². The Hall–Kier alpha value is -0.0300. The van der Waals surface area contributed by atoms with Gasteiger partial charge in [-0.3, -0.25) is 0 Å². The van der Waals surface area contributed by atoms with Gasteiger partial charge >= 0.3 is 0 Å². The van der Waals surface area contributed by atoms with E-state index in [4.69, 9.17) is 16.3 Å². The number of ether oxygens (including phenoxy) is 1. The van der Waals surface area contributed by atoms with Crippen molar-refractivity contribution in [3.8, 4) is 5.75 Å². The molecule has 1 aliphatic rings. The minimum absolute atomic E-state index is 0.0698. The highest BCUT2D eigenvalue weighted by Crippen LogP contribution is 2.43. The van der Waals surface area contributed by atoms with E-state index in [0.717, 1.165) is 38.8 Å². The van der Waals surface area contributed by atoms with Crippen LogP contribution in [-0.4, -0.2) is 6.61 Å². The lowest BCUT2D eigenvalue weighted by molar-refractivity contribution is 0.354. The van der Waals surface area contributed by atoms with E-state index in [0.29, 0.717) is 5.02 Å². The van der Waals surface area contributed by atoms with E-state index in [9.17, 15) is 0 Å². The molecule has 3 rings (SSSR count). The van der Waals surface area contributed by atoms with Crippen molar-refractivity contribution in [2.45, 2.75) is 11.2 Å². The molecule has 104 valence electrons. The number of rotatable bonds is 2. The van der Waals surface area contributed by atoms with Crippen LogP contribution < -0.4 is 4.74 Å². The van der Waals surface area contributed by atoms with Crippen LogP contribution in [0.5, 0.6) is 5.75 Å². The minimum atomic E-state index is 0.0698. The summed E-state index contributed by atoms with van der Waals surface area (Å²) in [5.74, 6) is 1.00. The van der Waals surface area contributed by atoms with Gasteiger partial charge in [-0.05, 0) is 51.3 Å². The Morgan fingerprint density at radius 3 is 2.70 bits per heavy atom. The summed E-state index contributed by atoms with van der Waals surface area (Å²) in [6.45, 7) is 0.753. The molecule has 0 N–H and O–H groups in total. The number of benzene rings is 2. The average Bonchev–Trinajstić information content (AvgIpc) is 2.88. The van der Waals surface area contributed by atoms with Gasteiger partial charge < -0.3 is 4.74 Å². The minimum Gasteiger partial charge on any atom is -0.493 e. The molecule has 1 aliphatic heterocycles. The fourth-order valence-electron chi connectivity index (χ4n) is 2.34. The maximum atomic E-state index is 6.06. The molecule has 0 radical (unpaired) electrons. The van der Waals surface area contributed by atoms with Gasteiger partial charge in [0.05, 0.1) is 16.5 Å². The van der Waals surface area contributed by atoms with Gasteiger partial charge in [0.15, 0.2) is 0 Å². The Morgan fingerprint density at radius 2 is 1.95 bits per heavy atom. The summed E-state index contributed by atoms with van der Waals surface area (Å²) in [6, 6.07) is 10.2. The highest BCUT2D eigenvalue weighted by atomic mass is 79.9. The zero-order chi connectivity index (χ0) is 14.3. The van der Waals surface area contributed by atoms with Gasteiger partial charge in [-0.25, -0.2) is 0 Å². The van der Waals surface area contributed by atoms with Gasteiger partial charge in [-0.15, -0.1) is 0 Å². The van der Waals surface area contributed by atoms with Crippen LogP contribution in [0.1, 0.15) is 21.5 Å². The molecule has 1 unspecified atom stereocenters. The van der Waals surface area contributed by atoms with Crippen molar-refractivity contribution >= 4 is 59.4 Å². The SMILES string of the molecule is Clc1ccc(C(Br)c2cc(Br)cc3c2OCC3)cc1Br. The number of hydrogen-bond acceptors (Lipinski definition) is 1. The fourth-order valence-corrected chi connectivity index (χ4v) is 4.00. The number of fused-ring (bicyclic) bond motifs is 1. The molecule has 0 amide bonds. The largest absolute Gasteiger partial charge is 0.493 e. The summed E-state index contributed by atoms with van der Waals surface area (Å²) in [5.41, 5.74) is 3.53. The molecule has 0 fully saturated rings. The first kappa shape index (κ1) is 14.9. The zero-order valence-electron chi connectivity index (χ0n) is 10.3. The summed E-state index contributed by atoms with van der Waals surface area (Å²) in [6.07, 6.45) is 0.964. The lowest BCUT2D eigenvalue weighted by Crippen LogP contribution is -1.97. The molecule has 2 aromatic rings. The summed E-state index contributed by atoms with van der Waals surface area (Å²) in [4.78, 5) is 0.0698. The molecule has 5 heteroatoms. The van der Waals surface area contributed by atoms with Gasteiger partial charge in [-0.1, -0.05) is 49.5 Å². The summed E-state index contributed by atoms with van der Waals surface area (Å²) in [5, 5.41) is 0.712. The number of hydrogen-bond donors (Lipinski definition) is 0. The van der Waals surface area contributed by atoms with Crippen molar-refractivity contribution in [2.75, 3.05) is 6.61 Å². The van der Waals surface area contributed by atoms with Crippen LogP contribution in [0.15, 0.2) is 39.3 Å². The molecule has 1 heterocycles.